The predicted molar refractivity (Wildman–Crippen MR) is 129 cm³/mol. The van der Waals surface area contributed by atoms with Crippen molar-refractivity contribution in [2.45, 2.75) is 39.2 Å². The molecule has 3 aromatic rings. The summed E-state index contributed by atoms with van der Waals surface area (Å²) >= 11 is -2.16. The van der Waals surface area contributed by atoms with Crippen LogP contribution in [0.1, 0.15) is 48.6 Å². The second-order valence-electron chi connectivity index (χ2n) is 8.10. The lowest BCUT2D eigenvalue weighted by Gasteiger charge is -2.16. The van der Waals surface area contributed by atoms with E-state index in [1.54, 1.807) is 0 Å². The normalized spacial score (nSPS) is 15.4. The van der Waals surface area contributed by atoms with Crippen molar-refractivity contribution in [2.75, 3.05) is 18.4 Å². The highest BCUT2D eigenvalue weighted by Gasteiger charge is 2.16. The van der Waals surface area contributed by atoms with Gasteiger partial charge in [0.2, 0.25) is 0 Å². The number of hydrogen-bond donors (Lipinski definition) is 3. The Morgan fingerprint density at radius 2 is 2.19 bits per heavy atom. The molecule has 1 aliphatic heterocycles. The molecule has 0 amide bonds. The second-order valence-corrected chi connectivity index (χ2v) is 8.77. The van der Waals surface area contributed by atoms with E-state index in [4.69, 9.17) is 9.54 Å². The molecule has 32 heavy (non-hydrogen) atoms. The fraction of sp³-hybridized carbons (Fsp3) is 0.348. The van der Waals surface area contributed by atoms with Gasteiger partial charge in [-0.25, -0.2) is 9.19 Å². The molecular weight excluding hydrogens is 424 g/mol. The zero-order valence-corrected chi connectivity index (χ0v) is 19.1. The summed E-state index contributed by atoms with van der Waals surface area (Å²) in [4.78, 5) is 4.96. The SMILES string of the molecule is CC(C)c1cnn2c(NCc3cccc(CC=NS(=O)O)c3)cc(C3=CCNCC3)nc12. The summed E-state index contributed by atoms with van der Waals surface area (Å²) < 4.78 is 24.9. The standard InChI is InChI=1S/C23H28N6O2S/c1-16(2)20-15-26-29-22(13-21(28-23(20)29)19-7-9-24-10-8-19)25-14-18-5-3-4-17(12-18)6-11-27-32(30)31/h3-5,7,11-13,15-16,24-25H,6,8-10,14H2,1-2H3,(H,30,31). The van der Waals surface area contributed by atoms with Gasteiger partial charge >= 0.3 is 0 Å². The maximum absolute atomic E-state index is 10.7. The molecule has 2 aromatic heterocycles. The van der Waals surface area contributed by atoms with Gasteiger partial charge < -0.3 is 10.6 Å². The number of anilines is 1. The van der Waals surface area contributed by atoms with E-state index in [1.165, 1.54) is 11.8 Å². The zero-order valence-electron chi connectivity index (χ0n) is 18.3. The molecule has 1 atom stereocenters. The third-order valence-electron chi connectivity index (χ3n) is 5.47. The Kier molecular flexibility index (Phi) is 7.09. The average Bonchev–Trinajstić information content (AvgIpc) is 3.23. The van der Waals surface area contributed by atoms with Crippen molar-refractivity contribution in [1.82, 2.24) is 19.9 Å². The van der Waals surface area contributed by atoms with Crippen LogP contribution in [-0.2, 0) is 24.2 Å². The van der Waals surface area contributed by atoms with Crippen LogP contribution in [0.4, 0.5) is 5.82 Å². The molecule has 0 fully saturated rings. The van der Waals surface area contributed by atoms with Crippen molar-refractivity contribution in [1.29, 1.82) is 0 Å². The van der Waals surface area contributed by atoms with E-state index in [2.05, 4.69) is 58.3 Å². The number of nitrogens with one attached hydrogen (secondary N) is 2. The monoisotopic (exact) mass is 452 g/mol. The van der Waals surface area contributed by atoms with Crippen molar-refractivity contribution >= 4 is 34.5 Å². The molecule has 168 valence electrons. The van der Waals surface area contributed by atoms with E-state index in [0.717, 1.165) is 53.4 Å². The Bertz CT molecular complexity index is 1180. The molecule has 0 radical (unpaired) electrons. The Hall–Kier alpha value is -2.88. The van der Waals surface area contributed by atoms with Crippen molar-refractivity contribution < 1.29 is 8.76 Å². The highest BCUT2D eigenvalue weighted by molar-refractivity contribution is 7.77. The molecule has 1 aromatic carbocycles. The summed E-state index contributed by atoms with van der Waals surface area (Å²) in [6.45, 7) is 6.75. The Balaban J connectivity index is 1.61. The molecule has 0 saturated carbocycles. The number of nitrogens with zero attached hydrogens (tertiary/aromatic N) is 4. The van der Waals surface area contributed by atoms with Gasteiger partial charge in [-0.05, 0) is 35.6 Å². The summed E-state index contributed by atoms with van der Waals surface area (Å²) in [5, 5.41) is 11.5. The highest BCUT2D eigenvalue weighted by atomic mass is 32.2. The summed E-state index contributed by atoms with van der Waals surface area (Å²) in [5.41, 5.74) is 6.40. The molecular formula is C23H28N6O2S. The largest absolute Gasteiger partial charge is 0.366 e. The van der Waals surface area contributed by atoms with Crippen LogP contribution in [0.15, 0.2) is 47.0 Å². The van der Waals surface area contributed by atoms with Crippen molar-refractivity contribution in [3.8, 4) is 0 Å². The van der Waals surface area contributed by atoms with Gasteiger partial charge in [-0.2, -0.15) is 14.0 Å². The lowest BCUT2D eigenvalue weighted by molar-refractivity contribution is 0.566. The molecule has 1 unspecified atom stereocenters. The molecule has 0 bridgehead atoms. The molecule has 0 aliphatic carbocycles. The number of aromatic nitrogens is 3. The van der Waals surface area contributed by atoms with Crippen LogP contribution in [0.3, 0.4) is 0 Å². The minimum Gasteiger partial charge on any atom is -0.366 e. The number of rotatable bonds is 8. The van der Waals surface area contributed by atoms with E-state index in [9.17, 15) is 4.21 Å². The van der Waals surface area contributed by atoms with Crippen molar-refractivity contribution in [3.05, 3.63) is 65.0 Å². The summed E-state index contributed by atoms with van der Waals surface area (Å²) in [6, 6.07) is 10.2. The van der Waals surface area contributed by atoms with Gasteiger partial charge in [0.05, 0.1) is 11.9 Å². The maximum atomic E-state index is 10.7. The molecule has 3 N–H and O–H groups in total. The van der Waals surface area contributed by atoms with Gasteiger partial charge in [-0.3, -0.25) is 4.55 Å². The number of hydrogen-bond acceptors (Lipinski definition) is 5. The average molecular weight is 453 g/mol. The first-order valence-corrected chi connectivity index (χ1v) is 11.8. The van der Waals surface area contributed by atoms with Crippen LogP contribution >= 0.6 is 0 Å². The van der Waals surface area contributed by atoms with Crippen LogP contribution in [0.5, 0.6) is 0 Å². The lowest BCUT2D eigenvalue weighted by atomic mass is 10.0. The van der Waals surface area contributed by atoms with E-state index >= 15 is 0 Å². The highest BCUT2D eigenvalue weighted by Crippen LogP contribution is 2.27. The Labute approximate surface area is 190 Å². The minimum atomic E-state index is -2.16. The quantitative estimate of drug-likeness (QED) is 0.356. The van der Waals surface area contributed by atoms with Crippen molar-refractivity contribution in [3.63, 3.8) is 0 Å². The fourth-order valence-electron chi connectivity index (χ4n) is 3.80. The summed E-state index contributed by atoms with van der Waals surface area (Å²) in [7, 11) is 0. The molecule has 9 heteroatoms. The predicted octanol–water partition coefficient (Wildman–Crippen LogP) is 3.59. The molecule has 4 rings (SSSR count). The van der Waals surface area contributed by atoms with Gasteiger partial charge in [-0.1, -0.05) is 44.2 Å². The third kappa shape index (κ3) is 5.29. The minimum absolute atomic E-state index is 0.330. The van der Waals surface area contributed by atoms with Crippen LogP contribution in [-0.4, -0.2) is 42.7 Å². The van der Waals surface area contributed by atoms with Crippen LogP contribution in [0.25, 0.3) is 11.2 Å². The van der Waals surface area contributed by atoms with Crippen LogP contribution < -0.4 is 10.6 Å². The molecule has 0 spiro atoms. The molecule has 8 nitrogen and oxygen atoms in total. The first-order valence-electron chi connectivity index (χ1n) is 10.7. The number of benzene rings is 1. The topological polar surface area (TPSA) is 104 Å². The first-order chi connectivity index (χ1) is 15.5. The second kappa shape index (κ2) is 10.2. The van der Waals surface area contributed by atoms with Gasteiger partial charge in [0, 0.05) is 37.4 Å². The summed E-state index contributed by atoms with van der Waals surface area (Å²) in [6.07, 6.45) is 7.04. The molecule has 0 saturated heterocycles. The Morgan fingerprint density at radius 1 is 1.34 bits per heavy atom. The number of fused-ring (bicyclic) bond motifs is 1. The lowest BCUT2D eigenvalue weighted by Crippen LogP contribution is -2.20. The third-order valence-corrected chi connectivity index (χ3v) is 5.80. The van der Waals surface area contributed by atoms with Crippen LogP contribution in [0, 0.1) is 0 Å². The Morgan fingerprint density at radius 3 is 2.94 bits per heavy atom. The van der Waals surface area contributed by atoms with Crippen LogP contribution in [0.2, 0.25) is 0 Å². The van der Waals surface area contributed by atoms with E-state index in [1.807, 2.05) is 22.8 Å². The van der Waals surface area contributed by atoms with E-state index in [-0.39, 0.29) is 0 Å². The maximum Gasteiger partial charge on any atom is 0.281 e. The van der Waals surface area contributed by atoms with Gasteiger partial charge in [0.15, 0.2) is 5.65 Å². The smallest absolute Gasteiger partial charge is 0.281 e. The summed E-state index contributed by atoms with van der Waals surface area (Å²) in [5.74, 6) is 1.23. The van der Waals surface area contributed by atoms with Crippen molar-refractivity contribution in [2.24, 2.45) is 4.40 Å². The fourth-order valence-corrected chi connectivity index (χ4v) is 4.00. The van der Waals surface area contributed by atoms with Gasteiger partial charge in [0.1, 0.15) is 5.82 Å². The molecule has 3 heterocycles. The van der Waals surface area contributed by atoms with Gasteiger partial charge in [-0.15, -0.1) is 0 Å². The van der Waals surface area contributed by atoms with E-state index < -0.39 is 11.3 Å². The first kappa shape index (κ1) is 22.3. The van der Waals surface area contributed by atoms with Gasteiger partial charge in [0.25, 0.3) is 11.3 Å². The van der Waals surface area contributed by atoms with E-state index in [0.29, 0.717) is 18.9 Å². The zero-order chi connectivity index (χ0) is 22.5. The molecule has 1 aliphatic rings.